The van der Waals surface area contributed by atoms with Crippen LogP contribution in [-0.4, -0.2) is 34.3 Å². The van der Waals surface area contributed by atoms with Gasteiger partial charge in [-0.25, -0.2) is 0 Å². The van der Waals surface area contributed by atoms with Crippen LogP contribution < -0.4 is 4.74 Å². The summed E-state index contributed by atoms with van der Waals surface area (Å²) in [6.45, 7) is 4.50. The molecule has 0 aliphatic carbocycles. The SMILES string of the molecule is CCCCCN1C(=O)C(=O)/C(=C(\O)c2ccc3c(c2)CC(C)O3)C1c1ccco1. The topological polar surface area (TPSA) is 80.0 Å². The Hall–Kier alpha value is -3.02. The van der Waals surface area contributed by atoms with Crippen molar-refractivity contribution in [1.82, 2.24) is 4.90 Å². The second kappa shape index (κ2) is 7.78. The van der Waals surface area contributed by atoms with Crippen LogP contribution in [0.1, 0.15) is 56.0 Å². The highest BCUT2D eigenvalue weighted by molar-refractivity contribution is 6.46. The molecule has 3 heterocycles. The fourth-order valence-corrected chi connectivity index (χ4v) is 4.11. The van der Waals surface area contributed by atoms with Crippen molar-refractivity contribution in [3.05, 3.63) is 59.1 Å². The molecule has 1 saturated heterocycles. The van der Waals surface area contributed by atoms with Gasteiger partial charge >= 0.3 is 0 Å². The van der Waals surface area contributed by atoms with Crippen molar-refractivity contribution in [1.29, 1.82) is 0 Å². The molecule has 0 spiro atoms. The maximum absolute atomic E-state index is 12.9. The molecule has 2 aromatic rings. The van der Waals surface area contributed by atoms with Crippen molar-refractivity contribution in [3.63, 3.8) is 0 Å². The quantitative estimate of drug-likeness (QED) is 0.343. The first-order chi connectivity index (χ1) is 14.0. The first kappa shape index (κ1) is 19.3. The van der Waals surface area contributed by atoms with Gasteiger partial charge in [0.1, 0.15) is 29.4 Å². The van der Waals surface area contributed by atoms with Gasteiger partial charge in [-0.05, 0) is 49.2 Å². The van der Waals surface area contributed by atoms with Crippen molar-refractivity contribution in [2.45, 2.75) is 51.7 Å². The van der Waals surface area contributed by atoms with E-state index in [0.29, 0.717) is 17.9 Å². The molecule has 1 aromatic heterocycles. The Balaban J connectivity index is 1.76. The molecule has 4 rings (SSSR count). The monoisotopic (exact) mass is 395 g/mol. The molecule has 1 amide bonds. The van der Waals surface area contributed by atoms with Crippen LogP contribution in [0.3, 0.4) is 0 Å². The molecule has 1 aromatic carbocycles. The average molecular weight is 395 g/mol. The minimum absolute atomic E-state index is 0.0772. The van der Waals surface area contributed by atoms with Gasteiger partial charge in [0.05, 0.1) is 11.8 Å². The molecule has 1 N–H and O–H groups in total. The number of nitrogens with zero attached hydrogens (tertiary/aromatic N) is 1. The Labute approximate surface area is 169 Å². The number of carbonyl (C=O) groups is 2. The van der Waals surface area contributed by atoms with Gasteiger partial charge < -0.3 is 19.2 Å². The molecule has 152 valence electrons. The van der Waals surface area contributed by atoms with Crippen LogP contribution in [-0.2, 0) is 16.0 Å². The largest absolute Gasteiger partial charge is 0.507 e. The third-order valence-corrected chi connectivity index (χ3v) is 5.52. The molecule has 2 atom stereocenters. The highest BCUT2D eigenvalue weighted by atomic mass is 16.5. The molecule has 6 heteroatoms. The number of hydrogen-bond acceptors (Lipinski definition) is 5. The fraction of sp³-hybridized carbons (Fsp3) is 0.391. The Morgan fingerprint density at radius 2 is 2.07 bits per heavy atom. The minimum Gasteiger partial charge on any atom is -0.507 e. The smallest absolute Gasteiger partial charge is 0.295 e. The number of fused-ring (bicyclic) bond motifs is 1. The summed E-state index contributed by atoms with van der Waals surface area (Å²) in [5, 5.41) is 11.1. The molecular weight excluding hydrogens is 370 g/mol. The number of aliphatic hydroxyl groups excluding tert-OH is 1. The maximum atomic E-state index is 12.9. The van der Waals surface area contributed by atoms with Gasteiger partial charge in [0, 0.05) is 18.5 Å². The average Bonchev–Trinajstić information content (AvgIpc) is 3.41. The Bertz CT molecular complexity index is 960. The van der Waals surface area contributed by atoms with Gasteiger partial charge in [-0.3, -0.25) is 9.59 Å². The summed E-state index contributed by atoms with van der Waals surface area (Å²) >= 11 is 0. The lowest BCUT2D eigenvalue weighted by Gasteiger charge is -2.23. The number of amides is 1. The number of carbonyl (C=O) groups excluding carboxylic acids is 2. The number of Topliss-reactive ketones (excluding diaryl/α,β-unsaturated/α-hetero) is 1. The highest BCUT2D eigenvalue weighted by Crippen LogP contribution is 2.40. The first-order valence-corrected chi connectivity index (χ1v) is 10.1. The zero-order chi connectivity index (χ0) is 20.5. The lowest BCUT2D eigenvalue weighted by Crippen LogP contribution is -2.30. The van der Waals surface area contributed by atoms with Crippen LogP contribution in [0.15, 0.2) is 46.6 Å². The van der Waals surface area contributed by atoms with Gasteiger partial charge in [0.15, 0.2) is 0 Å². The summed E-state index contributed by atoms with van der Waals surface area (Å²) in [6, 6.07) is 8.08. The van der Waals surface area contributed by atoms with Gasteiger partial charge in [-0.2, -0.15) is 0 Å². The number of aliphatic hydroxyl groups is 1. The number of ether oxygens (including phenoxy) is 1. The molecule has 1 fully saturated rings. The van der Waals surface area contributed by atoms with Gasteiger partial charge in [0.2, 0.25) is 0 Å². The summed E-state index contributed by atoms with van der Waals surface area (Å²) in [6.07, 6.45) is 5.07. The molecule has 0 radical (unpaired) electrons. The highest BCUT2D eigenvalue weighted by Gasteiger charge is 2.47. The Kier molecular flexibility index (Phi) is 5.18. The lowest BCUT2D eigenvalue weighted by atomic mass is 9.97. The summed E-state index contributed by atoms with van der Waals surface area (Å²) in [5.41, 5.74) is 1.56. The number of hydrogen-bond donors (Lipinski definition) is 1. The molecule has 2 unspecified atom stereocenters. The fourth-order valence-electron chi connectivity index (χ4n) is 4.11. The molecule has 29 heavy (non-hydrogen) atoms. The van der Waals surface area contributed by atoms with Crippen LogP contribution in [0.25, 0.3) is 5.76 Å². The van der Waals surface area contributed by atoms with E-state index in [-0.39, 0.29) is 17.4 Å². The molecule has 2 aliphatic rings. The van der Waals surface area contributed by atoms with E-state index < -0.39 is 17.7 Å². The molecule has 0 saturated carbocycles. The van der Waals surface area contributed by atoms with Gasteiger partial charge in [-0.15, -0.1) is 0 Å². The van der Waals surface area contributed by atoms with Crippen molar-refractivity contribution in [3.8, 4) is 5.75 Å². The van der Waals surface area contributed by atoms with E-state index in [1.807, 2.05) is 13.0 Å². The first-order valence-electron chi connectivity index (χ1n) is 10.1. The third-order valence-electron chi connectivity index (χ3n) is 5.52. The maximum Gasteiger partial charge on any atom is 0.295 e. The minimum atomic E-state index is -0.717. The Morgan fingerprint density at radius 3 is 2.79 bits per heavy atom. The number of unbranched alkanes of at least 4 members (excludes halogenated alkanes) is 2. The van der Waals surface area contributed by atoms with Crippen molar-refractivity contribution >= 4 is 17.4 Å². The summed E-state index contributed by atoms with van der Waals surface area (Å²) < 4.78 is 11.3. The van der Waals surface area contributed by atoms with Crippen molar-refractivity contribution in [2.24, 2.45) is 0 Å². The third kappa shape index (κ3) is 3.43. The van der Waals surface area contributed by atoms with E-state index in [2.05, 4.69) is 6.92 Å². The Morgan fingerprint density at radius 1 is 1.24 bits per heavy atom. The van der Waals surface area contributed by atoms with E-state index >= 15 is 0 Å². The standard InChI is InChI=1S/C23H25NO5/c1-3-4-5-10-24-20(18-7-6-11-28-18)19(22(26)23(24)27)21(25)15-8-9-17-16(13-15)12-14(2)29-17/h6-9,11,13-14,20,25H,3-5,10,12H2,1-2H3/b21-19-. The second-order valence-corrected chi connectivity index (χ2v) is 7.67. The van der Waals surface area contributed by atoms with Crippen LogP contribution in [0.4, 0.5) is 0 Å². The number of ketones is 1. The number of likely N-dealkylation sites (tertiary alicyclic amines) is 1. The van der Waals surface area contributed by atoms with Crippen LogP contribution in [0.5, 0.6) is 5.75 Å². The molecular formula is C23H25NO5. The summed E-state index contributed by atoms with van der Waals surface area (Å²) in [4.78, 5) is 27.1. The van der Waals surface area contributed by atoms with Crippen LogP contribution in [0, 0.1) is 0 Å². The zero-order valence-electron chi connectivity index (χ0n) is 16.7. The van der Waals surface area contributed by atoms with Crippen LogP contribution >= 0.6 is 0 Å². The second-order valence-electron chi connectivity index (χ2n) is 7.67. The van der Waals surface area contributed by atoms with Crippen LogP contribution in [0.2, 0.25) is 0 Å². The number of furan rings is 1. The van der Waals surface area contributed by atoms with Gasteiger partial charge in [0.25, 0.3) is 11.7 Å². The lowest BCUT2D eigenvalue weighted by molar-refractivity contribution is -0.140. The predicted molar refractivity (Wildman–Crippen MR) is 107 cm³/mol. The van der Waals surface area contributed by atoms with E-state index in [4.69, 9.17) is 9.15 Å². The molecule has 2 aliphatic heterocycles. The predicted octanol–water partition coefficient (Wildman–Crippen LogP) is 4.21. The van der Waals surface area contributed by atoms with Crippen molar-refractivity contribution < 1.29 is 23.8 Å². The van der Waals surface area contributed by atoms with E-state index in [1.54, 1.807) is 24.3 Å². The summed E-state index contributed by atoms with van der Waals surface area (Å²) in [5.74, 6) is -0.185. The zero-order valence-corrected chi connectivity index (χ0v) is 16.7. The molecule has 6 nitrogen and oxygen atoms in total. The summed E-state index contributed by atoms with van der Waals surface area (Å²) in [7, 11) is 0. The number of benzene rings is 1. The normalized spacial score (nSPS) is 22.8. The van der Waals surface area contributed by atoms with Gasteiger partial charge in [-0.1, -0.05) is 19.8 Å². The van der Waals surface area contributed by atoms with Crippen molar-refractivity contribution in [2.75, 3.05) is 6.54 Å². The van der Waals surface area contributed by atoms with E-state index in [0.717, 1.165) is 37.0 Å². The molecule has 0 bridgehead atoms. The van der Waals surface area contributed by atoms with E-state index in [1.165, 1.54) is 11.2 Å². The van der Waals surface area contributed by atoms with E-state index in [9.17, 15) is 14.7 Å². The number of rotatable bonds is 6.